The van der Waals surface area contributed by atoms with E-state index in [0.29, 0.717) is 26.2 Å². The van der Waals surface area contributed by atoms with Crippen LogP contribution in [0.5, 0.6) is 0 Å². The number of rotatable bonds is 2. The molecule has 0 radical (unpaired) electrons. The van der Waals surface area contributed by atoms with Crippen molar-refractivity contribution in [3.63, 3.8) is 0 Å². The number of hydrogen-bond acceptors (Lipinski definition) is 4. The van der Waals surface area contributed by atoms with Crippen LogP contribution >= 0.6 is 11.3 Å². The fourth-order valence-electron chi connectivity index (χ4n) is 3.25. The third kappa shape index (κ3) is 3.19. The van der Waals surface area contributed by atoms with Crippen LogP contribution in [0.2, 0.25) is 0 Å². The number of carbonyl (C=O) groups is 3. The molecule has 0 atom stereocenters. The Bertz CT molecular complexity index is 879. The van der Waals surface area contributed by atoms with Crippen LogP contribution in [0.15, 0.2) is 24.3 Å². The summed E-state index contributed by atoms with van der Waals surface area (Å²) in [4.78, 5) is 41.1. The lowest BCUT2D eigenvalue weighted by Crippen LogP contribution is -2.54. The molecule has 136 valence electrons. The number of benzene rings is 1. The summed E-state index contributed by atoms with van der Waals surface area (Å²) in [5, 5.41) is 3.84. The smallest absolute Gasteiger partial charge is 0.312 e. The predicted octanol–water partition coefficient (Wildman–Crippen LogP) is 1.77. The van der Waals surface area contributed by atoms with Crippen LogP contribution in [0.25, 0.3) is 10.1 Å². The zero-order valence-corrected chi connectivity index (χ0v) is 15.5. The highest BCUT2D eigenvalue weighted by atomic mass is 32.1. The van der Waals surface area contributed by atoms with Gasteiger partial charge in [-0.2, -0.15) is 0 Å². The molecule has 6 nitrogen and oxygen atoms in total. The maximum atomic E-state index is 12.9. The molecule has 26 heavy (non-hydrogen) atoms. The van der Waals surface area contributed by atoms with Crippen molar-refractivity contribution >= 4 is 39.1 Å². The van der Waals surface area contributed by atoms with Crippen LogP contribution in [0.3, 0.4) is 0 Å². The van der Waals surface area contributed by atoms with Crippen LogP contribution in [-0.2, 0) is 9.59 Å². The molecule has 3 amide bonds. The van der Waals surface area contributed by atoms with Gasteiger partial charge in [-0.05, 0) is 36.8 Å². The second-order valence-electron chi connectivity index (χ2n) is 6.88. The molecule has 1 aromatic carbocycles. The van der Waals surface area contributed by atoms with E-state index < -0.39 is 11.8 Å². The first-order valence-electron chi connectivity index (χ1n) is 8.92. The van der Waals surface area contributed by atoms with Crippen LogP contribution in [0.4, 0.5) is 0 Å². The van der Waals surface area contributed by atoms with E-state index in [2.05, 4.69) is 5.32 Å². The molecule has 4 rings (SSSR count). The first-order chi connectivity index (χ1) is 12.5. The molecule has 1 saturated carbocycles. The standard InChI is InChI=1S/C19H21N3O3S/c1-12-14-4-2-3-5-15(14)26-16(12)18(24)21-8-10-22(11-9-21)19(25)17(23)20-13-6-7-13/h2-5,13H,6-11H2,1H3,(H,20,23). The quantitative estimate of drug-likeness (QED) is 0.818. The lowest BCUT2D eigenvalue weighted by Gasteiger charge is -2.34. The molecule has 2 fully saturated rings. The average Bonchev–Trinajstić information content (AvgIpc) is 3.42. The topological polar surface area (TPSA) is 69.7 Å². The first-order valence-corrected chi connectivity index (χ1v) is 9.73. The maximum absolute atomic E-state index is 12.9. The summed E-state index contributed by atoms with van der Waals surface area (Å²) < 4.78 is 1.11. The highest BCUT2D eigenvalue weighted by Crippen LogP contribution is 2.31. The van der Waals surface area contributed by atoms with E-state index in [1.165, 1.54) is 11.3 Å². The summed E-state index contributed by atoms with van der Waals surface area (Å²) in [5.41, 5.74) is 1.01. The van der Waals surface area contributed by atoms with Crippen LogP contribution < -0.4 is 5.32 Å². The fraction of sp³-hybridized carbons (Fsp3) is 0.421. The van der Waals surface area contributed by atoms with Gasteiger partial charge in [0.2, 0.25) is 0 Å². The number of fused-ring (bicyclic) bond motifs is 1. The van der Waals surface area contributed by atoms with Crippen molar-refractivity contribution in [3.05, 3.63) is 34.7 Å². The van der Waals surface area contributed by atoms with Crippen molar-refractivity contribution in [2.24, 2.45) is 0 Å². The van der Waals surface area contributed by atoms with Gasteiger partial charge in [0.15, 0.2) is 0 Å². The zero-order chi connectivity index (χ0) is 18.3. The minimum atomic E-state index is -0.521. The van der Waals surface area contributed by atoms with E-state index in [-0.39, 0.29) is 11.9 Å². The molecule has 2 aliphatic rings. The van der Waals surface area contributed by atoms with Crippen LogP contribution in [-0.4, -0.2) is 59.7 Å². The lowest BCUT2D eigenvalue weighted by molar-refractivity contribution is -0.146. The largest absolute Gasteiger partial charge is 0.345 e. The van der Waals surface area contributed by atoms with E-state index in [9.17, 15) is 14.4 Å². The average molecular weight is 371 g/mol. The van der Waals surface area contributed by atoms with Gasteiger partial charge >= 0.3 is 11.8 Å². The van der Waals surface area contributed by atoms with Crippen molar-refractivity contribution in [1.29, 1.82) is 0 Å². The van der Waals surface area contributed by atoms with E-state index in [1.54, 1.807) is 9.80 Å². The molecule has 0 bridgehead atoms. The summed E-state index contributed by atoms with van der Waals surface area (Å²) >= 11 is 1.52. The highest BCUT2D eigenvalue weighted by Gasteiger charge is 2.32. The van der Waals surface area contributed by atoms with Crippen LogP contribution in [0.1, 0.15) is 28.1 Å². The minimum absolute atomic E-state index is 0.0123. The Morgan fingerprint density at radius 2 is 1.69 bits per heavy atom. The van der Waals surface area contributed by atoms with Gasteiger partial charge in [-0.15, -0.1) is 11.3 Å². The Morgan fingerprint density at radius 3 is 2.35 bits per heavy atom. The van der Waals surface area contributed by atoms with Gasteiger partial charge in [0.05, 0.1) is 4.88 Å². The predicted molar refractivity (Wildman–Crippen MR) is 100 cm³/mol. The van der Waals surface area contributed by atoms with Gasteiger partial charge in [0.1, 0.15) is 0 Å². The number of amides is 3. The minimum Gasteiger partial charge on any atom is -0.345 e. The lowest BCUT2D eigenvalue weighted by atomic mass is 10.1. The number of thiophene rings is 1. The summed E-state index contributed by atoms with van der Waals surface area (Å²) in [5.74, 6) is -0.993. The first kappa shape index (κ1) is 17.0. The molecule has 0 spiro atoms. The molecule has 0 unspecified atom stereocenters. The maximum Gasteiger partial charge on any atom is 0.312 e. The van der Waals surface area contributed by atoms with Gasteiger partial charge in [-0.1, -0.05) is 18.2 Å². The monoisotopic (exact) mass is 371 g/mol. The Morgan fingerprint density at radius 1 is 1.04 bits per heavy atom. The molecular weight excluding hydrogens is 350 g/mol. The van der Waals surface area contributed by atoms with Crippen molar-refractivity contribution in [3.8, 4) is 0 Å². The molecule has 1 aromatic heterocycles. The molecule has 1 aliphatic carbocycles. The molecule has 7 heteroatoms. The van der Waals surface area contributed by atoms with Gasteiger partial charge < -0.3 is 15.1 Å². The SMILES string of the molecule is Cc1c(C(=O)N2CCN(C(=O)C(=O)NC3CC3)CC2)sc2ccccc12. The Kier molecular flexibility index (Phi) is 4.40. The second-order valence-corrected chi connectivity index (χ2v) is 7.94. The third-order valence-electron chi connectivity index (χ3n) is 5.00. The summed E-state index contributed by atoms with van der Waals surface area (Å²) in [6, 6.07) is 8.19. The highest BCUT2D eigenvalue weighted by molar-refractivity contribution is 7.21. The van der Waals surface area contributed by atoms with Crippen molar-refractivity contribution in [1.82, 2.24) is 15.1 Å². The third-order valence-corrected chi connectivity index (χ3v) is 6.26. The molecular formula is C19H21N3O3S. The van der Waals surface area contributed by atoms with Gasteiger partial charge in [-0.3, -0.25) is 14.4 Å². The zero-order valence-electron chi connectivity index (χ0n) is 14.7. The molecule has 1 saturated heterocycles. The number of hydrogen-bond donors (Lipinski definition) is 1. The van der Waals surface area contributed by atoms with E-state index >= 15 is 0 Å². The summed E-state index contributed by atoms with van der Waals surface area (Å²) in [7, 11) is 0. The Balaban J connectivity index is 1.40. The van der Waals surface area contributed by atoms with Crippen molar-refractivity contribution in [2.75, 3.05) is 26.2 Å². The van der Waals surface area contributed by atoms with Crippen molar-refractivity contribution in [2.45, 2.75) is 25.8 Å². The second kappa shape index (κ2) is 6.72. The van der Waals surface area contributed by atoms with Crippen LogP contribution in [0, 0.1) is 6.92 Å². The number of aryl methyl sites for hydroxylation is 1. The summed E-state index contributed by atoms with van der Waals surface area (Å²) in [6.45, 7) is 3.68. The Hall–Kier alpha value is -2.41. The molecule has 2 heterocycles. The molecule has 1 aliphatic heterocycles. The Labute approximate surface area is 155 Å². The van der Waals surface area contributed by atoms with E-state index in [0.717, 1.165) is 33.4 Å². The van der Waals surface area contributed by atoms with Gasteiger partial charge in [0, 0.05) is 36.9 Å². The number of piperazine rings is 1. The number of nitrogens with zero attached hydrogens (tertiary/aromatic N) is 2. The van der Waals surface area contributed by atoms with Gasteiger partial charge in [0.25, 0.3) is 5.91 Å². The molecule has 2 aromatic rings. The van der Waals surface area contributed by atoms with E-state index in [1.807, 2.05) is 31.2 Å². The number of nitrogens with one attached hydrogen (secondary N) is 1. The van der Waals surface area contributed by atoms with E-state index in [4.69, 9.17) is 0 Å². The summed E-state index contributed by atoms with van der Waals surface area (Å²) in [6.07, 6.45) is 1.91. The van der Waals surface area contributed by atoms with Gasteiger partial charge in [-0.25, -0.2) is 0 Å². The normalized spacial score (nSPS) is 17.4. The molecule has 1 N–H and O–H groups in total. The van der Waals surface area contributed by atoms with Crippen molar-refractivity contribution < 1.29 is 14.4 Å². The number of carbonyl (C=O) groups excluding carboxylic acids is 3. The fourth-order valence-corrected chi connectivity index (χ4v) is 4.43.